The molecule has 0 bridgehead atoms. The first-order valence-electron chi connectivity index (χ1n) is 4.33. The summed E-state index contributed by atoms with van der Waals surface area (Å²) in [7, 11) is 0. The maximum atomic E-state index is 10.4. The lowest BCUT2D eigenvalue weighted by molar-refractivity contribution is -0.136. The van der Waals surface area contributed by atoms with Crippen molar-refractivity contribution in [3.8, 4) is 6.01 Å². The van der Waals surface area contributed by atoms with Gasteiger partial charge in [0.05, 0.1) is 12.1 Å². The molecule has 0 spiro atoms. The molecule has 0 aliphatic heterocycles. The van der Waals surface area contributed by atoms with E-state index in [9.17, 15) is 4.79 Å². The van der Waals surface area contributed by atoms with Gasteiger partial charge in [-0.2, -0.15) is 4.98 Å². The fourth-order valence-electron chi connectivity index (χ4n) is 1.22. The smallest absolute Gasteiger partial charge is 0.309 e. The standard InChI is InChI=1S/C9H9N3O3/c1-6-10-2-3-12(6)9-11-7(5-15-9)4-8(13)14/h2-3,5H,4H2,1H3,(H,13,14). The zero-order chi connectivity index (χ0) is 10.8. The molecular weight excluding hydrogens is 198 g/mol. The Morgan fingerprint density at radius 2 is 2.47 bits per heavy atom. The van der Waals surface area contributed by atoms with Crippen molar-refractivity contribution in [2.45, 2.75) is 13.3 Å². The summed E-state index contributed by atoms with van der Waals surface area (Å²) in [6.07, 6.45) is 4.52. The highest BCUT2D eigenvalue weighted by atomic mass is 16.4. The van der Waals surface area contributed by atoms with Crippen molar-refractivity contribution in [2.24, 2.45) is 0 Å². The second-order valence-electron chi connectivity index (χ2n) is 3.04. The van der Waals surface area contributed by atoms with Crippen LogP contribution in [0.4, 0.5) is 0 Å². The van der Waals surface area contributed by atoms with Crippen molar-refractivity contribution in [1.82, 2.24) is 14.5 Å². The SMILES string of the molecule is Cc1nccn1-c1nc(CC(=O)O)co1. The molecule has 0 amide bonds. The van der Waals surface area contributed by atoms with E-state index >= 15 is 0 Å². The van der Waals surface area contributed by atoms with Gasteiger partial charge < -0.3 is 9.52 Å². The maximum absolute atomic E-state index is 10.4. The minimum atomic E-state index is -0.933. The fourth-order valence-corrected chi connectivity index (χ4v) is 1.22. The highest BCUT2D eigenvalue weighted by Gasteiger charge is 2.10. The molecule has 2 heterocycles. The highest BCUT2D eigenvalue weighted by Crippen LogP contribution is 2.10. The van der Waals surface area contributed by atoms with Gasteiger partial charge in [0.15, 0.2) is 0 Å². The normalized spacial score (nSPS) is 10.5. The zero-order valence-electron chi connectivity index (χ0n) is 8.04. The van der Waals surface area contributed by atoms with Crippen LogP contribution in [-0.4, -0.2) is 25.6 Å². The van der Waals surface area contributed by atoms with Crippen LogP contribution in [0.2, 0.25) is 0 Å². The molecule has 2 aromatic rings. The van der Waals surface area contributed by atoms with Gasteiger partial charge in [-0.3, -0.25) is 9.36 Å². The lowest BCUT2D eigenvalue weighted by Crippen LogP contribution is -2.01. The predicted molar refractivity (Wildman–Crippen MR) is 49.7 cm³/mol. The minimum Gasteiger partial charge on any atom is -0.481 e. The zero-order valence-corrected chi connectivity index (χ0v) is 8.04. The number of aromatic nitrogens is 3. The Balaban J connectivity index is 2.28. The van der Waals surface area contributed by atoms with Gasteiger partial charge in [-0.15, -0.1) is 0 Å². The average Bonchev–Trinajstić information content (AvgIpc) is 2.72. The van der Waals surface area contributed by atoms with E-state index in [1.54, 1.807) is 23.9 Å². The third-order valence-corrected chi connectivity index (χ3v) is 1.90. The van der Waals surface area contributed by atoms with Gasteiger partial charge in [-0.05, 0) is 6.92 Å². The van der Waals surface area contributed by atoms with E-state index in [2.05, 4.69) is 9.97 Å². The van der Waals surface area contributed by atoms with E-state index in [-0.39, 0.29) is 6.42 Å². The molecule has 2 aromatic heterocycles. The molecule has 6 heteroatoms. The molecule has 2 rings (SSSR count). The molecule has 0 aliphatic carbocycles. The van der Waals surface area contributed by atoms with Crippen molar-refractivity contribution in [2.75, 3.05) is 0 Å². The van der Waals surface area contributed by atoms with Crippen molar-refractivity contribution < 1.29 is 14.3 Å². The van der Waals surface area contributed by atoms with Crippen LogP contribution >= 0.6 is 0 Å². The molecule has 0 aromatic carbocycles. The van der Waals surface area contributed by atoms with Crippen LogP contribution in [0.5, 0.6) is 0 Å². The molecule has 78 valence electrons. The molecule has 0 radical (unpaired) electrons. The summed E-state index contributed by atoms with van der Waals surface area (Å²) in [6, 6.07) is 0.334. The molecule has 0 unspecified atom stereocenters. The molecular formula is C9H9N3O3. The summed E-state index contributed by atoms with van der Waals surface area (Å²) in [6.45, 7) is 1.81. The first-order chi connectivity index (χ1) is 7.16. The Bertz CT molecular complexity index is 486. The number of carboxylic acids is 1. The van der Waals surface area contributed by atoms with E-state index in [4.69, 9.17) is 9.52 Å². The topological polar surface area (TPSA) is 81.2 Å². The number of aliphatic carboxylic acids is 1. The molecule has 0 fully saturated rings. The van der Waals surface area contributed by atoms with Gasteiger partial charge in [0.1, 0.15) is 12.1 Å². The van der Waals surface area contributed by atoms with Crippen LogP contribution in [0.15, 0.2) is 23.1 Å². The average molecular weight is 207 g/mol. The van der Waals surface area contributed by atoms with Crippen LogP contribution < -0.4 is 0 Å². The Morgan fingerprint density at radius 1 is 1.67 bits per heavy atom. The number of oxazole rings is 1. The van der Waals surface area contributed by atoms with Crippen LogP contribution in [-0.2, 0) is 11.2 Å². The number of carbonyl (C=O) groups is 1. The summed E-state index contributed by atoms with van der Waals surface area (Å²) in [5.41, 5.74) is 0.394. The van der Waals surface area contributed by atoms with Gasteiger partial charge >= 0.3 is 12.0 Å². The minimum absolute atomic E-state index is 0.142. The Kier molecular flexibility index (Phi) is 2.24. The van der Waals surface area contributed by atoms with Crippen LogP contribution in [0, 0.1) is 6.92 Å². The lowest BCUT2D eigenvalue weighted by Gasteiger charge is -1.95. The van der Waals surface area contributed by atoms with Crippen LogP contribution in [0.25, 0.3) is 6.01 Å². The second kappa shape index (κ2) is 3.56. The summed E-state index contributed by atoms with van der Waals surface area (Å²) >= 11 is 0. The highest BCUT2D eigenvalue weighted by molar-refractivity contribution is 5.69. The van der Waals surface area contributed by atoms with E-state index in [0.717, 1.165) is 5.82 Å². The molecule has 0 saturated carbocycles. The molecule has 6 nitrogen and oxygen atoms in total. The summed E-state index contributed by atoms with van der Waals surface area (Å²) in [5, 5.41) is 8.56. The maximum Gasteiger partial charge on any atom is 0.309 e. The summed E-state index contributed by atoms with van der Waals surface area (Å²) < 4.78 is 6.78. The summed E-state index contributed by atoms with van der Waals surface area (Å²) in [4.78, 5) is 18.5. The first kappa shape index (κ1) is 9.45. The second-order valence-corrected chi connectivity index (χ2v) is 3.04. The monoisotopic (exact) mass is 207 g/mol. The molecule has 15 heavy (non-hydrogen) atoms. The largest absolute Gasteiger partial charge is 0.481 e. The van der Waals surface area contributed by atoms with Crippen molar-refractivity contribution in [3.63, 3.8) is 0 Å². The Morgan fingerprint density at radius 3 is 3.07 bits per heavy atom. The number of carboxylic acid groups (broad SMARTS) is 1. The third kappa shape index (κ3) is 1.88. The van der Waals surface area contributed by atoms with E-state index in [0.29, 0.717) is 11.7 Å². The van der Waals surface area contributed by atoms with Gasteiger partial charge in [-0.25, -0.2) is 4.98 Å². The van der Waals surface area contributed by atoms with E-state index < -0.39 is 5.97 Å². The van der Waals surface area contributed by atoms with Gasteiger partial charge in [0.25, 0.3) is 0 Å². The Labute approximate surface area is 85.2 Å². The quantitative estimate of drug-likeness (QED) is 0.804. The lowest BCUT2D eigenvalue weighted by atomic mass is 10.3. The van der Waals surface area contributed by atoms with Gasteiger partial charge in [0.2, 0.25) is 0 Å². The number of hydrogen-bond acceptors (Lipinski definition) is 4. The van der Waals surface area contributed by atoms with Gasteiger partial charge in [-0.1, -0.05) is 0 Å². The van der Waals surface area contributed by atoms with Crippen molar-refractivity contribution in [1.29, 1.82) is 0 Å². The molecule has 0 atom stereocenters. The molecule has 1 N–H and O–H groups in total. The molecule has 0 aliphatic rings. The van der Waals surface area contributed by atoms with E-state index in [1.165, 1.54) is 6.26 Å². The number of aryl methyl sites for hydroxylation is 1. The number of nitrogens with zero attached hydrogens (tertiary/aromatic N) is 3. The molecule has 0 saturated heterocycles. The number of imidazole rings is 1. The Hall–Kier alpha value is -2.11. The summed E-state index contributed by atoms with van der Waals surface area (Å²) in [5.74, 6) is -0.198. The fraction of sp³-hybridized carbons (Fsp3) is 0.222. The van der Waals surface area contributed by atoms with E-state index in [1.807, 2.05) is 0 Å². The van der Waals surface area contributed by atoms with Crippen molar-refractivity contribution in [3.05, 3.63) is 30.2 Å². The van der Waals surface area contributed by atoms with Crippen molar-refractivity contribution >= 4 is 5.97 Å². The third-order valence-electron chi connectivity index (χ3n) is 1.90. The van der Waals surface area contributed by atoms with Gasteiger partial charge in [0, 0.05) is 12.4 Å². The number of hydrogen-bond donors (Lipinski definition) is 1. The van der Waals surface area contributed by atoms with Crippen LogP contribution in [0.3, 0.4) is 0 Å². The number of rotatable bonds is 3. The predicted octanol–water partition coefficient (Wildman–Crippen LogP) is 0.796. The van der Waals surface area contributed by atoms with Crippen LogP contribution in [0.1, 0.15) is 11.5 Å². The first-order valence-corrected chi connectivity index (χ1v) is 4.33.